The smallest absolute Gasteiger partial charge is 0.154 e. The van der Waals surface area contributed by atoms with E-state index in [1.165, 1.54) is 12.1 Å². The Hall–Kier alpha value is -0.740. The lowest BCUT2D eigenvalue weighted by atomic mass is 9.96. The van der Waals surface area contributed by atoms with E-state index in [9.17, 15) is 9.18 Å². The second-order valence-electron chi connectivity index (χ2n) is 4.15. The van der Waals surface area contributed by atoms with Gasteiger partial charge in [-0.25, -0.2) is 4.39 Å². The van der Waals surface area contributed by atoms with Crippen molar-refractivity contribution in [2.75, 3.05) is 0 Å². The summed E-state index contributed by atoms with van der Waals surface area (Å²) >= 11 is 3.29. The van der Waals surface area contributed by atoms with E-state index in [1.807, 2.05) is 13.8 Å². The Morgan fingerprint density at radius 2 is 2.12 bits per heavy atom. The van der Waals surface area contributed by atoms with Gasteiger partial charge in [0.05, 0.1) is 6.04 Å². The Kier molecular flexibility index (Phi) is 4.62. The van der Waals surface area contributed by atoms with Gasteiger partial charge in [0.2, 0.25) is 0 Å². The van der Waals surface area contributed by atoms with Crippen LogP contribution in [-0.2, 0) is 11.2 Å². The van der Waals surface area contributed by atoms with Gasteiger partial charge in [0.25, 0.3) is 0 Å². The van der Waals surface area contributed by atoms with Crippen LogP contribution in [0.15, 0.2) is 22.7 Å². The summed E-state index contributed by atoms with van der Waals surface area (Å²) in [4.78, 5) is 11.7. The summed E-state index contributed by atoms with van der Waals surface area (Å²) in [6, 6.07) is 3.81. The SMILES string of the molecule is CC(C)C(N)C(=O)Cc1cc(F)ccc1Br. The predicted molar refractivity (Wildman–Crippen MR) is 65.6 cm³/mol. The minimum absolute atomic E-state index is 0.0682. The van der Waals surface area contributed by atoms with Crippen molar-refractivity contribution in [1.82, 2.24) is 0 Å². The van der Waals surface area contributed by atoms with Crippen LogP contribution in [0.25, 0.3) is 0 Å². The monoisotopic (exact) mass is 287 g/mol. The number of hydrogen-bond acceptors (Lipinski definition) is 2. The summed E-state index contributed by atoms with van der Waals surface area (Å²) in [6.45, 7) is 3.78. The van der Waals surface area contributed by atoms with Crippen LogP contribution in [0.1, 0.15) is 19.4 Å². The van der Waals surface area contributed by atoms with E-state index in [0.717, 1.165) is 4.47 Å². The van der Waals surface area contributed by atoms with Crippen LogP contribution in [0.5, 0.6) is 0 Å². The quantitative estimate of drug-likeness (QED) is 0.925. The van der Waals surface area contributed by atoms with Crippen LogP contribution in [0.4, 0.5) is 4.39 Å². The fourth-order valence-electron chi connectivity index (χ4n) is 1.36. The Labute approximate surface area is 103 Å². The molecule has 16 heavy (non-hydrogen) atoms. The van der Waals surface area contributed by atoms with Gasteiger partial charge < -0.3 is 5.73 Å². The zero-order chi connectivity index (χ0) is 12.3. The molecule has 1 aromatic carbocycles. The van der Waals surface area contributed by atoms with Crippen LogP contribution in [-0.4, -0.2) is 11.8 Å². The van der Waals surface area contributed by atoms with E-state index in [1.54, 1.807) is 6.07 Å². The van der Waals surface area contributed by atoms with Gasteiger partial charge in [0.1, 0.15) is 5.82 Å². The zero-order valence-electron chi connectivity index (χ0n) is 9.34. The predicted octanol–water partition coefficient (Wildman–Crippen LogP) is 2.68. The van der Waals surface area contributed by atoms with Gasteiger partial charge in [0.15, 0.2) is 5.78 Å². The molecule has 2 nitrogen and oxygen atoms in total. The van der Waals surface area contributed by atoms with Crippen LogP contribution in [0.2, 0.25) is 0 Å². The largest absolute Gasteiger partial charge is 0.321 e. The first kappa shape index (κ1) is 13.3. The molecule has 0 heterocycles. The first-order valence-corrected chi connectivity index (χ1v) is 5.93. The molecule has 1 atom stereocenters. The second kappa shape index (κ2) is 5.55. The lowest BCUT2D eigenvalue weighted by Crippen LogP contribution is -2.36. The number of carbonyl (C=O) groups is 1. The van der Waals surface area contributed by atoms with Crippen molar-refractivity contribution in [3.05, 3.63) is 34.1 Å². The third-order valence-corrected chi connectivity index (χ3v) is 3.24. The number of rotatable bonds is 4. The van der Waals surface area contributed by atoms with E-state index < -0.39 is 6.04 Å². The van der Waals surface area contributed by atoms with E-state index in [2.05, 4.69) is 15.9 Å². The van der Waals surface area contributed by atoms with Crippen molar-refractivity contribution < 1.29 is 9.18 Å². The average Bonchev–Trinajstić information content (AvgIpc) is 2.22. The molecule has 0 saturated carbocycles. The first-order valence-electron chi connectivity index (χ1n) is 5.14. The summed E-state index contributed by atoms with van der Waals surface area (Å²) < 4.78 is 13.7. The maximum atomic E-state index is 13.0. The molecule has 0 spiro atoms. The van der Waals surface area contributed by atoms with Crippen LogP contribution >= 0.6 is 15.9 Å². The third kappa shape index (κ3) is 3.39. The Morgan fingerprint density at radius 1 is 1.50 bits per heavy atom. The lowest BCUT2D eigenvalue weighted by molar-refractivity contribution is -0.120. The minimum Gasteiger partial charge on any atom is -0.321 e. The van der Waals surface area contributed by atoms with Gasteiger partial charge in [-0.1, -0.05) is 29.8 Å². The Morgan fingerprint density at radius 3 is 2.69 bits per heavy atom. The summed E-state index contributed by atoms with van der Waals surface area (Å²) in [5.41, 5.74) is 6.38. The van der Waals surface area contributed by atoms with Gasteiger partial charge in [0, 0.05) is 10.9 Å². The summed E-state index contributed by atoms with van der Waals surface area (Å²) in [6.07, 6.45) is 0.164. The number of Topliss-reactive ketones (excluding diaryl/α,β-unsaturated/α-hetero) is 1. The van der Waals surface area contributed by atoms with E-state index >= 15 is 0 Å². The molecular formula is C12H15BrFNO. The number of nitrogens with two attached hydrogens (primary N) is 1. The van der Waals surface area contributed by atoms with Crippen LogP contribution in [0, 0.1) is 11.7 Å². The molecule has 0 saturated heterocycles. The molecule has 1 rings (SSSR count). The van der Waals surface area contributed by atoms with Crippen molar-refractivity contribution in [3.63, 3.8) is 0 Å². The van der Waals surface area contributed by atoms with Gasteiger partial charge in [-0.2, -0.15) is 0 Å². The van der Waals surface area contributed by atoms with Gasteiger partial charge in [-0.05, 0) is 29.7 Å². The summed E-state index contributed by atoms with van der Waals surface area (Å²) in [5, 5.41) is 0. The second-order valence-corrected chi connectivity index (χ2v) is 5.00. The lowest BCUT2D eigenvalue weighted by Gasteiger charge is -2.14. The zero-order valence-corrected chi connectivity index (χ0v) is 10.9. The Balaban J connectivity index is 2.80. The van der Waals surface area contributed by atoms with Crippen molar-refractivity contribution in [2.24, 2.45) is 11.7 Å². The van der Waals surface area contributed by atoms with Crippen molar-refractivity contribution in [2.45, 2.75) is 26.3 Å². The molecule has 1 aromatic rings. The molecule has 0 aromatic heterocycles. The molecule has 2 N–H and O–H groups in total. The molecule has 0 aliphatic carbocycles. The number of ketones is 1. The number of halogens is 2. The van der Waals surface area contributed by atoms with Gasteiger partial charge >= 0.3 is 0 Å². The topological polar surface area (TPSA) is 43.1 Å². The molecule has 0 bridgehead atoms. The molecule has 0 aliphatic heterocycles. The minimum atomic E-state index is -0.491. The van der Waals surface area contributed by atoms with Crippen molar-refractivity contribution in [1.29, 1.82) is 0 Å². The number of benzene rings is 1. The highest BCUT2D eigenvalue weighted by Crippen LogP contribution is 2.19. The number of hydrogen-bond donors (Lipinski definition) is 1. The fraction of sp³-hybridized carbons (Fsp3) is 0.417. The maximum absolute atomic E-state index is 13.0. The normalized spacial score (nSPS) is 12.9. The molecule has 4 heteroatoms. The van der Waals surface area contributed by atoms with E-state index in [4.69, 9.17) is 5.73 Å². The Bertz CT molecular complexity index is 393. The maximum Gasteiger partial charge on any atom is 0.154 e. The highest BCUT2D eigenvalue weighted by molar-refractivity contribution is 9.10. The average molecular weight is 288 g/mol. The highest BCUT2D eigenvalue weighted by Gasteiger charge is 2.18. The van der Waals surface area contributed by atoms with E-state index in [-0.39, 0.29) is 23.9 Å². The molecule has 1 unspecified atom stereocenters. The fourth-order valence-corrected chi connectivity index (χ4v) is 1.74. The van der Waals surface area contributed by atoms with Crippen molar-refractivity contribution >= 4 is 21.7 Å². The summed E-state index contributed by atoms with van der Waals surface area (Å²) in [5.74, 6) is -0.315. The van der Waals surface area contributed by atoms with E-state index in [0.29, 0.717) is 5.56 Å². The first-order chi connectivity index (χ1) is 7.41. The summed E-state index contributed by atoms with van der Waals surface area (Å²) in [7, 11) is 0. The van der Waals surface area contributed by atoms with Gasteiger partial charge in [-0.15, -0.1) is 0 Å². The molecule has 0 radical (unpaired) electrons. The van der Waals surface area contributed by atoms with Crippen LogP contribution < -0.4 is 5.73 Å². The highest BCUT2D eigenvalue weighted by atomic mass is 79.9. The van der Waals surface area contributed by atoms with Crippen LogP contribution in [0.3, 0.4) is 0 Å². The molecule has 0 fully saturated rings. The standard InChI is InChI=1S/C12H15BrFNO/c1-7(2)12(15)11(16)6-8-5-9(14)3-4-10(8)13/h3-5,7,12H,6,15H2,1-2H3. The molecule has 88 valence electrons. The molecule has 0 amide bonds. The van der Waals surface area contributed by atoms with Crippen molar-refractivity contribution in [3.8, 4) is 0 Å². The number of carbonyl (C=O) groups excluding carboxylic acids is 1. The van der Waals surface area contributed by atoms with Gasteiger partial charge in [-0.3, -0.25) is 4.79 Å². The third-order valence-electron chi connectivity index (χ3n) is 2.46. The molecule has 0 aliphatic rings. The molecular weight excluding hydrogens is 273 g/mol.